The van der Waals surface area contributed by atoms with E-state index in [2.05, 4.69) is 11.2 Å². The average molecular weight is 324 g/mol. The maximum atomic E-state index is 12.8. The van der Waals surface area contributed by atoms with E-state index in [1.807, 2.05) is 21.8 Å². The molecular weight excluding hydrogens is 304 g/mol. The molecule has 1 aromatic heterocycles. The molecule has 1 saturated heterocycles. The number of nitriles is 1. The molecule has 2 atom stereocenters. The molecule has 124 valence electrons. The molecule has 2 unspecified atom stereocenters. The van der Waals surface area contributed by atoms with Crippen LogP contribution in [0.5, 0.6) is 5.75 Å². The van der Waals surface area contributed by atoms with E-state index < -0.39 is 6.10 Å². The predicted molar refractivity (Wildman–Crippen MR) is 88.2 cm³/mol. The highest BCUT2D eigenvalue weighted by Gasteiger charge is 2.32. The Labute approximate surface area is 141 Å². The number of hydrogen-bond donors (Lipinski definition) is 0. The molecule has 1 aromatic carbocycles. The van der Waals surface area contributed by atoms with E-state index in [1.54, 1.807) is 37.4 Å². The minimum atomic E-state index is -0.627. The maximum Gasteiger partial charge on any atom is 0.263 e. The molecule has 3 rings (SSSR count). The Hall–Kier alpha value is -2.81. The first kappa shape index (κ1) is 16.1. The maximum absolute atomic E-state index is 12.8. The van der Waals surface area contributed by atoms with Crippen LogP contribution in [-0.4, -0.2) is 39.3 Å². The number of rotatable bonds is 5. The lowest BCUT2D eigenvalue weighted by molar-refractivity contribution is -0.139. The van der Waals surface area contributed by atoms with Crippen molar-refractivity contribution in [3.8, 4) is 11.8 Å². The van der Waals surface area contributed by atoms with Crippen LogP contribution in [0.4, 0.5) is 0 Å². The summed E-state index contributed by atoms with van der Waals surface area (Å²) in [5, 5.41) is 13.4. The molecule has 0 radical (unpaired) electrons. The molecule has 6 heteroatoms. The van der Waals surface area contributed by atoms with Gasteiger partial charge in [0.15, 0.2) is 6.10 Å². The van der Waals surface area contributed by atoms with Crippen LogP contribution in [0.1, 0.15) is 25.3 Å². The fraction of sp³-hybridized carbons (Fsp3) is 0.389. The van der Waals surface area contributed by atoms with Crippen molar-refractivity contribution in [2.24, 2.45) is 0 Å². The van der Waals surface area contributed by atoms with Crippen molar-refractivity contribution in [3.63, 3.8) is 0 Å². The predicted octanol–water partition coefficient (Wildman–Crippen LogP) is 2.21. The van der Waals surface area contributed by atoms with Crippen LogP contribution in [0, 0.1) is 11.3 Å². The van der Waals surface area contributed by atoms with Gasteiger partial charge in [-0.1, -0.05) is 12.1 Å². The molecule has 6 nitrogen and oxygen atoms in total. The zero-order valence-electron chi connectivity index (χ0n) is 13.6. The Bertz CT molecular complexity index is 736. The topological polar surface area (TPSA) is 71.2 Å². The van der Waals surface area contributed by atoms with Crippen LogP contribution in [0.2, 0.25) is 0 Å². The SMILES string of the molecule is CC(Oc1ccccc1C#N)C(=O)N1CCCC1Cn1cccn1. The molecule has 2 heterocycles. The first-order chi connectivity index (χ1) is 11.7. The van der Waals surface area contributed by atoms with Crippen LogP contribution in [-0.2, 0) is 11.3 Å². The van der Waals surface area contributed by atoms with Gasteiger partial charge in [0.1, 0.15) is 11.8 Å². The highest BCUT2D eigenvalue weighted by Crippen LogP contribution is 2.23. The minimum absolute atomic E-state index is 0.0441. The lowest BCUT2D eigenvalue weighted by Gasteiger charge is -2.27. The molecule has 0 aliphatic carbocycles. The van der Waals surface area contributed by atoms with Gasteiger partial charge in [-0.3, -0.25) is 9.48 Å². The molecular formula is C18H20N4O2. The van der Waals surface area contributed by atoms with Gasteiger partial charge in [-0.25, -0.2) is 0 Å². The Morgan fingerprint density at radius 3 is 3.04 bits per heavy atom. The van der Waals surface area contributed by atoms with Crippen molar-refractivity contribution in [1.29, 1.82) is 5.26 Å². The number of ether oxygens (including phenoxy) is 1. The second-order valence-corrected chi connectivity index (χ2v) is 5.92. The van der Waals surface area contributed by atoms with Gasteiger partial charge >= 0.3 is 0 Å². The fourth-order valence-corrected chi connectivity index (χ4v) is 3.08. The van der Waals surface area contributed by atoms with E-state index in [0.717, 1.165) is 19.4 Å². The zero-order valence-corrected chi connectivity index (χ0v) is 13.6. The third kappa shape index (κ3) is 3.40. The number of hydrogen-bond acceptors (Lipinski definition) is 4. The summed E-state index contributed by atoms with van der Waals surface area (Å²) in [6.07, 6.45) is 4.97. The van der Waals surface area contributed by atoms with Crippen molar-refractivity contribution < 1.29 is 9.53 Å². The van der Waals surface area contributed by atoms with E-state index in [0.29, 0.717) is 17.9 Å². The van der Waals surface area contributed by atoms with E-state index in [9.17, 15) is 4.79 Å². The molecule has 0 saturated carbocycles. The second kappa shape index (κ2) is 7.18. The first-order valence-electron chi connectivity index (χ1n) is 8.12. The number of carbonyl (C=O) groups is 1. The summed E-state index contributed by atoms with van der Waals surface area (Å²) in [5.41, 5.74) is 0.437. The van der Waals surface area contributed by atoms with Crippen molar-refractivity contribution in [2.75, 3.05) is 6.54 Å². The van der Waals surface area contributed by atoms with Gasteiger partial charge in [-0.2, -0.15) is 10.4 Å². The Morgan fingerprint density at radius 2 is 2.29 bits per heavy atom. The van der Waals surface area contributed by atoms with Crippen molar-refractivity contribution in [3.05, 3.63) is 48.3 Å². The van der Waals surface area contributed by atoms with Gasteiger partial charge in [0.05, 0.1) is 18.2 Å². The second-order valence-electron chi connectivity index (χ2n) is 5.92. The number of nitrogens with zero attached hydrogens (tertiary/aromatic N) is 4. The van der Waals surface area contributed by atoms with Gasteiger partial charge in [0, 0.05) is 18.9 Å². The van der Waals surface area contributed by atoms with E-state index in [1.165, 1.54) is 0 Å². The molecule has 1 amide bonds. The van der Waals surface area contributed by atoms with Crippen LogP contribution in [0.25, 0.3) is 0 Å². The van der Waals surface area contributed by atoms with Crippen molar-refractivity contribution in [1.82, 2.24) is 14.7 Å². The summed E-state index contributed by atoms with van der Waals surface area (Å²) in [7, 11) is 0. The summed E-state index contributed by atoms with van der Waals surface area (Å²) in [6.45, 7) is 3.17. The minimum Gasteiger partial charge on any atom is -0.480 e. The third-order valence-corrected chi connectivity index (χ3v) is 4.28. The fourth-order valence-electron chi connectivity index (χ4n) is 3.08. The van der Waals surface area contributed by atoms with Crippen LogP contribution in [0.15, 0.2) is 42.7 Å². The number of aromatic nitrogens is 2. The molecule has 24 heavy (non-hydrogen) atoms. The Balaban J connectivity index is 1.67. The van der Waals surface area contributed by atoms with Crippen LogP contribution < -0.4 is 4.74 Å². The lowest BCUT2D eigenvalue weighted by Crippen LogP contribution is -2.44. The number of likely N-dealkylation sites (tertiary alicyclic amines) is 1. The first-order valence-corrected chi connectivity index (χ1v) is 8.12. The average Bonchev–Trinajstić information content (AvgIpc) is 3.27. The number of carbonyl (C=O) groups excluding carboxylic acids is 1. The van der Waals surface area contributed by atoms with Gasteiger partial charge in [-0.15, -0.1) is 0 Å². The number of para-hydroxylation sites is 1. The zero-order chi connectivity index (χ0) is 16.9. The Kier molecular flexibility index (Phi) is 4.80. The van der Waals surface area contributed by atoms with Crippen LogP contribution in [0.3, 0.4) is 0 Å². The van der Waals surface area contributed by atoms with Gasteiger partial charge in [0.2, 0.25) is 0 Å². The summed E-state index contributed by atoms with van der Waals surface area (Å²) in [6, 6.07) is 11.1. The summed E-state index contributed by atoms with van der Waals surface area (Å²) in [4.78, 5) is 14.7. The lowest BCUT2D eigenvalue weighted by atomic mass is 10.2. The highest BCUT2D eigenvalue weighted by atomic mass is 16.5. The van der Waals surface area contributed by atoms with Gasteiger partial charge in [-0.05, 0) is 38.0 Å². The summed E-state index contributed by atoms with van der Waals surface area (Å²) >= 11 is 0. The standard InChI is InChI=1S/C18H20N4O2/c1-14(24-17-8-3-2-6-15(17)12-19)18(23)22-11-4-7-16(22)13-21-10-5-9-20-21/h2-3,5-6,8-10,14,16H,4,7,11,13H2,1H3. The monoisotopic (exact) mass is 324 g/mol. The molecule has 0 bridgehead atoms. The normalized spacial score (nSPS) is 18.2. The van der Waals surface area contributed by atoms with E-state index in [-0.39, 0.29) is 11.9 Å². The smallest absolute Gasteiger partial charge is 0.263 e. The Morgan fingerprint density at radius 1 is 1.46 bits per heavy atom. The summed E-state index contributed by atoms with van der Waals surface area (Å²) in [5.74, 6) is 0.404. The van der Waals surface area contributed by atoms with Gasteiger partial charge < -0.3 is 9.64 Å². The summed E-state index contributed by atoms with van der Waals surface area (Å²) < 4.78 is 7.61. The largest absolute Gasteiger partial charge is 0.480 e. The molecule has 1 aliphatic heterocycles. The molecule has 0 N–H and O–H groups in total. The molecule has 1 fully saturated rings. The number of amides is 1. The molecule has 1 aliphatic rings. The van der Waals surface area contributed by atoms with Crippen molar-refractivity contribution >= 4 is 5.91 Å². The number of benzene rings is 1. The third-order valence-electron chi connectivity index (χ3n) is 4.28. The quantitative estimate of drug-likeness (QED) is 0.845. The van der Waals surface area contributed by atoms with Gasteiger partial charge in [0.25, 0.3) is 5.91 Å². The van der Waals surface area contributed by atoms with Crippen LogP contribution >= 0.6 is 0 Å². The highest BCUT2D eigenvalue weighted by molar-refractivity contribution is 5.81. The molecule has 0 spiro atoms. The van der Waals surface area contributed by atoms with E-state index in [4.69, 9.17) is 10.00 Å². The van der Waals surface area contributed by atoms with Crippen molar-refractivity contribution in [2.45, 2.75) is 38.5 Å². The molecule has 2 aromatic rings. The van der Waals surface area contributed by atoms with E-state index >= 15 is 0 Å².